The van der Waals surface area contributed by atoms with Gasteiger partial charge < -0.3 is 20.3 Å². The Kier molecular flexibility index (Phi) is 5.62. The molecule has 0 bridgehead atoms. The van der Waals surface area contributed by atoms with Gasteiger partial charge in [-0.1, -0.05) is 0 Å². The molecule has 0 unspecified atom stereocenters. The monoisotopic (exact) mass is 330 g/mol. The SMILES string of the molecule is O=C(NCCCn1cccn1)Nc1ccc(N2CCOCC2)nc1. The molecule has 24 heavy (non-hydrogen) atoms. The molecule has 0 atom stereocenters. The van der Waals surface area contributed by atoms with E-state index in [-0.39, 0.29) is 6.03 Å². The molecule has 1 fully saturated rings. The predicted octanol–water partition coefficient (Wildman–Crippen LogP) is 1.33. The number of anilines is 2. The van der Waals surface area contributed by atoms with Crippen LogP contribution in [-0.2, 0) is 11.3 Å². The minimum absolute atomic E-state index is 0.226. The lowest BCUT2D eigenvalue weighted by molar-refractivity contribution is 0.122. The first kappa shape index (κ1) is 16.3. The van der Waals surface area contributed by atoms with Gasteiger partial charge in [-0.15, -0.1) is 0 Å². The van der Waals surface area contributed by atoms with Crippen LogP contribution in [0.1, 0.15) is 6.42 Å². The second kappa shape index (κ2) is 8.30. The molecule has 2 amide bonds. The van der Waals surface area contributed by atoms with E-state index in [1.165, 1.54) is 0 Å². The van der Waals surface area contributed by atoms with Crippen LogP contribution in [-0.4, -0.2) is 53.6 Å². The van der Waals surface area contributed by atoms with Crippen LogP contribution in [0, 0.1) is 0 Å². The first-order valence-corrected chi connectivity index (χ1v) is 8.12. The van der Waals surface area contributed by atoms with Crippen molar-refractivity contribution < 1.29 is 9.53 Å². The Bertz CT molecular complexity index is 623. The number of hydrogen-bond donors (Lipinski definition) is 2. The number of ether oxygens (including phenoxy) is 1. The molecule has 1 saturated heterocycles. The standard InChI is InChI=1S/C16H22N6O2/c23-16(17-5-1-7-22-8-2-6-19-22)20-14-3-4-15(18-13-14)21-9-11-24-12-10-21/h2-4,6,8,13H,1,5,7,9-12H2,(H2,17,20,23). The van der Waals surface area contributed by atoms with Crippen LogP contribution in [0.4, 0.5) is 16.3 Å². The Hall–Kier alpha value is -2.61. The molecule has 2 aromatic rings. The number of pyridine rings is 1. The largest absolute Gasteiger partial charge is 0.378 e. The molecule has 1 aliphatic heterocycles. The Morgan fingerprint density at radius 1 is 1.29 bits per heavy atom. The van der Waals surface area contributed by atoms with Gasteiger partial charge in [-0.2, -0.15) is 5.10 Å². The molecule has 8 heteroatoms. The lowest BCUT2D eigenvalue weighted by Gasteiger charge is -2.27. The molecule has 2 N–H and O–H groups in total. The van der Waals surface area contributed by atoms with Gasteiger partial charge in [0.25, 0.3) is 0 Å². The van der Waals surface area contributed by atoms with Crippen molar-refractivity contribution in [3.05, 3.63) is 36.8 Å². The van der Waals surface area contributed by atoms with Crippen molar-refractivity contribution in [2.24, 2.45) is 0 Å². The Balaban J connectivity index is 1.39. The average molecular weight is 330 g/mol. The summed E-state index contributed by atoms with van der Waals surface area (Å²) in [4.78, 5) is 18.4. The maximum atomic E-state index is 11.9. The zero-order valence-corrected chi connectivity index (χ0v) is 13.5. The minimum Gasteiger partial charge on any atom is -0.378 e. The van der Waals surface area contributed by atoms with E-state index in [1.54, 1.807) is 12.4 Å². The third kappa shape index (κ3) is 4.69. The number of urea groups is 1. The van der Waals surface area contributed by atoms with Gasteiger partial charge in [0.2, 0.25) is 0 Å². The normalized spacial score (nSPS) is 14.4. The Labute approximate surface area is 140 Å². The summed E-state index contributed by atoms with van der Waals surface area (Å²) in [5.41, 5.74) is 0.677. The molecule has 8 nitrogen and oxygen atoms in total. The van der Waals surface area contributed by atoms with Gasteiger partial charge >= 0.3 is 6.03 Å². The van der Waals surface area contributed by atoms with Crippen molar-refractivity contribution >= 4 is 17.5 Å². The molecule has 0 aromatic carbocycles. The molecule has 2 aromatic heterocycles. The smallest absolute Gasteiger partial charge is 0.319 e. The Morgan fingerprint density at radius 3 is 2.88 bits per heavy atom. The summed E-state index contributed by atoms with van der Waals surface area (Å²) >= 11 is 0. The zero-order chi connectivity index (χ0) is 16.6. The van der Waals surface area contributed by atoms with E-state index in [9.17, 15) is 4.79 Å². The number of carbonyl (C=O) groups is 1. The van der Waals surface area contributed by atoms with E-state index in [0.717, 1.165) is 45.1 Å². The topological polar surface area (TPSA) is 84.3 Å². The summed E-state index contributed by atoms with van der Waals surface area (Å²) in [6.45, 7) is 4.51. The number of aromatic nitrogens is 3. The minimum atomic E-state index is -0.226. The molecule has 128 valence electrons. The van der Waals surface area contributed by atoms with Crippen molar-refractivity contribution in [2.75, 3.05) is 43.1 Å². The van der Waals surface area contributed by atoms with Crippen molar-refractivity contribution in [3.63, 3.8) is 0 Å². The molecule has 0 radical (unpaired) electrons. The highest BCUT2D eigenvalue weighted by Crippen LogP contribution is 2.15. The predicted molar refractivity (Wildman–Crippen MR) is 91.1 cm³/mol. The van der Waals surface area contributed by atoms with Gasteiger partial charge in [-0.25, -0.2) is 9.78 Å². The highest BCUT2D eigenvalue weighted by molar-refractivity contribution is 5.89. The fraction of sp³-hybridized carbons (Fsp3) is 0.438. The molecule has 0 aliphatic carbocycles. The molecule has 0 saturated carbocycles. The third-order valence-electron chi connectivity index (χ3n) is 3.75. The first-order valence-electron chi connectivity index (χ1n) is 8.12. The highest BCUT2D eigenvalue weighted by atomic mass is 16.5. The van der Waals surface area contributed by atoms with E-state index in [0.29, 0.717) is 12.2 Å². The summed E-state index contributed by atoms with van der Waals surface area (Å²) in [6, 6.07) is 5.43. The van der Waals surface area contributed by atoms with E-state index < -0.39 is 0 Å². The van der Waals surface area contributed by atoms with Crippen LogP contribution in [0.5, 0.6) is 0 Å². The number of morpholine rings is 1. The summed E-state index contributed by atoms with van der Waals surface area (Å²) in [5.74, 6) is 0.906. The van der Waals surface area contributed by atoms with Crippen LogP contribution in [0.25, 0.3) is 0 Å². The van der Waals surface area contributed by atoms with Gasteiger partial charge in [-0.3, -0.25) is 4.68 Å². The Morgan fingerprint density at radius 2 is 2.17 bits per heavy atom. The highest BCUT2D eigenvalue weighted by Gasteiger charge is 2.12. The summed E-state index contributed by atoms with van der Waals surface area (Å²) in [6.07, 6.45) is 6.15. The van der Waals surface area contributed by atoms with Crippen LogP contribution in [0.3, 0.4) is 0 Å². The number of nitrogens with zero attached hydrogens (tertiary/aromatic N) is 4. The van der Waals surface area contributed by atoms with Gasteiger partial charge in [-0.05, 0) is 24.6 Å². The van der Waals surface area contributed by atoms with Crippen molar-refractivity contribution in [1.29, 1.82) is 0 Å². The molecule has 3 rings (SSSR count). The van der Waals surface area contributed by atoms with Crippen LogP contribution >= 0.6 is 0 Å². The quantitative estimate of drug-likeness (QED) is 0.781. The van der Waals surface area contributed by atoms with Gasteiger partial charge in [0.1, 0.15) is 5.82 Å². The maximum absolute atomic E-state index is 11.9. The van der Waals surface area contributed by atoms with Crippen molar-refractivity contribution in [3.8, 4) is 0 Å². The van der Waals surface area contributed by atoms with Gasteiger partial charge in [0.05, 0.1) is 25.1 Å². The number of hydrogen-bond acceptors (Lipinski definition) is 5. The van der Waals surface area contributed by atoms with Crippen molar-refractivity contribution in [1.82, 2.24) is 20.1 Å². The van der Waals surface area contributed by atoms with Crippen LogP contribution < -0.4 is 15.5 Å². The molecule has 3 heterocycles. The molecule has 0 spiro atoms. The third-order valence-corrected chi connectivity index (χ3v) is 3.75. The second-order valence-corrected chi connectivity index (χ2v) is 5.51. The van der Waals surface area contributed by atoms with E-state index in [2.05, 4.69) is 25.6 Å². The lowest BCUT2D eigenvalue weighted by Crippen LogP contribution is -2.36. The summed E-state index contributed by atoms with van der Waals surface area (Å²) in [7, 11) is 0. The fourth-order valence-electron chi connectivity index (χ4n) is 2.49. The van der Waals surface area contributed by atoms with Gasteiger partial charge in [0, 0.05) is 38.6 Å². The number of nitrogens with one attached hydrogen (secondary N) is 2. The van der Waals surface area contributed by atoms with E-state index in [1.807, 2.05) is 29.1 Å². The van der Waals surface area contributed by atoms with E-state index in [4.69, 9.17) is 4.74 Å². The fourth-order valence-corrected chi connectivity index (χ4v) is 2.49. The molecular weight excluding hydrogens is 308 g/mol. The summed E-state index contributed by atoms with van der Waals surface area (Å²) < 4.78 is 7.17. The van der Waals surface area contributed by atoms with Crippen LogP contribution in [0.2, 0.25) is 0 Å². The van der Waals surface area contributed by atoms with Crippen molar-refractivity contribution in [2.45, 2.75) is 13.0 Å². The summed E-state index contributed by atoms with van der Waals surface area (Å²) in [5, 5.41) is 9.73. The van der Waals surface area contributed by atoms with Gasteiger partial charge in [0.15, 0.2) is 0 Å². The first-order chi connectivity index (χ1) is 11.8. The number of amides is 2. The van der Waals surface area contributed by atoms with Crippen LogP contribution in [0.15, 0.2) is 36.8 Å². The average Bonchev–Trinajstić information content (AvgIpc) is 3.14. The maximum Gasteiger partial charge on any atom is 0.319 e. The number of rotatable bonds is 6. The lowest BCUT2D eigenvalue weighted by atomic mass is 10.3. The zero-order valence-electron chi connectivity index (χ0n) is 13.5. The second-order valence-electron chi connectivity index (χ2n) is 5.51. The molecule has 1 aliphatic rings. The van der Waals surface area contributed by atoms with E-state index >= 15 is 0 Å². The number of aryl methyl sites for hydroxylation is 1. The number of carbonyl (C=O) groups excluding carboxylic acids is 1. The molecular formula is C16H22N6O2.